The second-order valence-corrected chi connectivity index (χ2v) is 7.90. The summed E-state index contributed by atoms with van der Waals surface area (Å²) in [5, 5.41) is 3.23. The van der Waals surface area contributed by atoms with Gasteiger partial charge in [0, 0.05) is 18.4 Å². The summed E-state index contributed by atoms with van der Waals surface area (Å²) >= 11 is 6.09. The highest BCUT2D eigenvalue weighted by molar-refractivity contribution is 6.31. The van der Waals surface area contributed by atoms with E-state index in [1.54, 1.807) is 24.3 Å². The van der Waals surface area contributed by atoms with Crippen molar-refractivity contribution in [2.75, 3.05) is 25.5 Å². The summed E-state index contributed by atoms with van der Waals surface area (Å²) in [6.07, 6.45) is 2.32. The van der Waals surface area contributed by atoms with Gasteiger partial charge in [0.05, 0.1) is 27.8 Å². The van der Waals surface area contributed by atoms with Gasteiger partial charge in [0.25, 0.3) is 17.4 Å². The first-order chi connectivity index (χ1) is 13.9. The number of nitrogens with one attached hydrogen (secondary N) is 2. The molecule has 1 fully saturated rings. The Morgan fingerprint density at radius 2 is 1.97 bits per heavy atom. The molecule has 29 heavy (non-hydrogen) atoms. The lowest BCUT2D eigenvalue weighted by molar-refractivity contribution is 0.0503. The molecule has 0 saturated carbocycles. The summed E-state index contributed by atoms with van der Waals surface area (Å²) in [6, 6.07) is 6.32. The van der Waals surface area contributed by atoms with Crippen LogP contribution in [0.1, 0.15) is 45.3 Å². The van der Waals surface area contributed by atoms with Crippen LogP contribution in [-0.2, 0) is 0 Å². The largest absolute Gasteiger partial charge is 0.366 e. The van der Waals surface area contributed by atoms with Crippen molar-refractivity contribution in [2.24, 2.45) is 5.73 Å². The predicted molar refractivity (Wildman–Crippen MR) is 110 cm³/mol. The number of imide groups is 1. The summed E-state index contributed by atoms with van der Waals surface area (Å²) in [6.45, 7) is 1.64. The van der Waals surface area contributed by atoms with Gasteiger partial charge >= 0.3 is 0 Å². The first-order valence-corrected chi connectivity index (χ1v) is 9.84. The number of nitrogens with zero attached hydrogens (tertiary/aromatic N) is 2. The minimum absolute atomic E-state index is 0.124. The molecule has 2 atom stereocenters. The molecule has 4 N–H and O–H groups in total. The zero-order chi connectivity index (χ0) is 20.7. The molecule has 8 nitrogen and oxygen atoms in total. The number of fused-ring (bicyclic) bond motifs is 1. The molecule has 3 heterocycles. The molecule has 0 aliphatic carbocycles. The molecule has 2 aliphatic rings. The molecular formula is C20H22ClN5O3. The Hall–Kier alpha value is -2.68. The van der Waals surface area contributed by atoms with Crippen molar-refractivity contribution < 1.29 is 9.59 Å². The maximum Gasteiger partial charge on any atom is 0.261 e. The quantitative estimate of drug-likeness (QED) is 0.518. The molecule has 1 saturated heterocycles. The van der Waals surface area contributed by atoms with Gasteiger partial charge in [0.15, 0.2) is 0 Å². The third kappa shape index (κ3) is 3.55. The SMILES string of the molecule is CN1CCCC(N2C(=O)c3ccc(NC(N)c4c(Cl)cc[nH]c4=O)cc3C2=O)C1. The maximum absolute atomic E-state index is 13.0. The Labute approximate surface area is 172 Å². The van der Waals surface area contributed by atoms with E-state index in [1.165, 1.54) is 11.1 Å². The number of hydrogen-bond acceptors (Lipinski definition) is 6. The fourth-order valence-corrected chi connectivity index (χ4v) is 4.31. The molecule has 152 valence electrons. The third-order valence-corrected chi connectivity index (χ3v) is 5.79. The summed E-state index contributed by atoms with van der Waals surface area (Å²) in [4.78, 5) is 43.9. The zero-order valence-electron chi connectivity index (χ0n) is 15.9. The van der Waals surface area contributed by atoms with Gasteiger partial charge in [-0.2, -0.15) is 0 Å². The minimum atomic E-state index is -0.874. The number of carbonyl (C=O) groups is 2. The van der Waals surface area contributed by atoms with E-state index >= 15 is 0 Å². The van der Waals surface area contributed by atoms with Crippen molar-refractivity contribution in [3.63, 3.8) is 0 Å². The van der Waals surface area contributed by atoms with E-state index in [9.17, 15) is 14.4 Å². The van der Waals surface area contributed by atoms with E-state index in [2.05, 4.69) is 15.2 Å². The van der Waals surface area contributed by atoms with E-state index in [0.29, 0.717) is 23.4 Å². The topological polar surface area (TPSA) is 112 Å². The Morgan fingerprint density at radius 1 is 1.21 bits per heavy atom. The molecule has 4 rings (SSSR count). The highest BCUT2D eigenvalue weighted by Gasteiger charge is 2.41. The Balaban J connectivity index is 1.58. The summed E-state index contributed by atoms with van der Waals surface area (Å²) in [7, 11) is 1.99. The first-order valence-electron chi connectivity index (χ1n) is 9.46. The van der Waals surface area contributed by atoms with Crippen molar-refractivity contribution in [1.82, 2.24) is 14.8 Å². The lowest BCUT2D eigenvalue weighted by Gasteiger charge is -2.34. The van der Waals surface area contributed by atoms with Crippen molar-refractivity contribution in [2.45, 2.75) is 25.0 Å². The van der Waals surface area contributed by atoms with Crippen LogP contribution in [-0.4, -0.2) is 52.8 Å². The molecule has 1 aromatic carbocycles. The van der Waals surface area contributed by atoms with Crippen molar-refractivity contribution in [3.8, 4) is 0 Å². The smallest absolute Gasteiger partial charge is 0.261 e. The van der Waals surface area contributed by atoms with E-state index in [4.69, 9.17) is 17.3 Å². The van der Waals surface area contributed by atoms with Crippen LogP contribution in [0.2, 0.25) is 5.02 Å². The van der Waals surface area contributed by atoms with Gasteiger partial charge in [0.1, 0.15) is 6.17 Å². The summed E-state index contributed by atoms with van der Waals surface area (Å²) in [5.74, 6) is -0.554. The van der Waals surface area contributed by atoms with Gasteiger partial charge in [-0.1, -0.05) is 11.6 Å². The molecule has 0 spiro atoms. The Kier molecular flexibility index (Phi) is 5.16. The molecule has 2 aliphatic heterocycles. The van der Waals surface area contributed by atoms with Gasteiger partial charge in [-0.3, -0.25) is 19.3 Å². The molecule has 2 aromatic rings. The average Bonchev–Trinajstić information content (AvgIpc) is 2.92. The second-order valence-electron chi connectivity index (χ2n) is 7.49. The first kappa shape index (κ1) is 19.6. The normalized spacial score (nSPS) is 20.7. The number of likely N-dealkylation sites (N-methyl/N-ethyl adjacent to an activating group) is 1. The Morgan fingerprint density at radius 3 is 2.69 bits per heavy atom. The van der Waals surface area contributed by atoms with Crippen LogP contribution >= 0.6 is 11.6 Å². The van der Waals surface area contributed by atoms with Crippen molar-refractivity contribution >= 4 is 29.1 Å². The van der Waals surface area contributed by atoms with Gasteiger partial charge in [-0.15, -0.1) is 0 Å². The fraction of sp³-hybridized carbons (Fsp3) is 0.350. The lowest BCUT2D eigenvalue weighted by atomic mass is 10.0. The number of likely N-dealkylation sites (tertiary alicyclic amines) is 1. The highest BCUT2D eigenvalue weighted by atomic mass is 35.5. The van der Waals surface area contributed by atoms with Crippen LogP contribution < -0.4 is 16.6 Å². The number of pyridine rings is 1. The Bertz CT molecular complexity index is 1040. The number of hydrogen-bond donors (Lipinski definition) is 3. The van der Waals surface area contributed by atoms with Crippen LogP contribution in [0.25, 0.3) is 0 Å². The van der Waals surface area contributed by atoms with E-state index in [1.807, 2.05) is 7.05 Å². The van der Waals surface area contributed by atoms with Crippen LogP contribution in [0, 0.1) is 0 Å². The summed E-state index contributed by atoms with van der Waals surface area (Å²) < 4.78 is 0. The lowest BCUT2D eigenvalue weighted by Crippen LogP contribution is -2.49. The number of halogens is 1. The molecular weight excluding hydrogens is 394 g/mol. The number of H-pyrrole nitrogens is 1. The number of nitrogens with two attached hydrogens (primary N) is 1. The van der Waals surface area contributed by atoms with E-state index in [0.717, 1.165) is 19.4 Å². The number of piperidine rings is 1. The highest BCUT2D eigenvalue weighted by Crippen LogP contribution is 2.30. The van der Waals surface area contributed by atoms with Gasteiger partial charge in [-0.05, 0) is 50.7 Å². The van der Waals surface area contributed by atoms with Gasteiger partial charge in [0.2, 0.25) is 0 Å². The van der Waals surface area contributed by atoms with Crippen LogP contribution in [0.5, 0.6) is 0 Å². The molecule has 9 heteroatoms. The predicted octanol–water partition coefficient (Wildman–Crippen LogP) is 1.79. The average molecular weight is 416 g/mol. The van der Waals surface area contributed by atoms with Crippen molar-refractivity contribution in [3.05, 3.63) is 62.5 Å². The van der Waals surface area contributed by atoms with Crippen LogP contribution in [0.3, 0.4) is 0 Å². The fourth-order valence-electron chi connectivity index (χ4n) is 4.04. The maximum atomic E-state index is 13.0. The standard InChI is InChI=1S/C20H22ClN5O3/c1-25-8-2-3-12(10-25)26-19(28)13-5-4-11(9-14(13)20(26)29)24-17(22)16-15(21)6-7-23-18(16)27/h4-7,9,12,17,24H,2-3,8,10,22H2,1H3,(H,23,27). The zero-order valence-corrected chi connectivity index (χ0v) is 16.7. The van der Waals surface area contributed by atoms with Crippen LogP contribution in [0.15, 0.2) is 35.3 Å². The molecule has 2 unspecified atom stereocenters. The monoisotopic (exact) mass is 415 g/mol. The number of rotatable bonds is 4. The molecule has 2 amide bonds. The number of anilines is 1. The van der Waals surface area contributed by atoms with Crippen LogP contribution in [0.4, 0.5) is 5.69 Å². The van der Waals surface area contributed by atoms with E-state index in [-0.39, 0.29) is 28.4 Å². The van der Waals surface area contributed by atoms with E-state index < -0.39 is 11.7 Å². The van der Waals surface area contributed by atoms with Gasteiger partial charge < -0.3 is 20.9 Å². The van der Waals surface area contributed by atoms with Crippen molar-refractivity contribution in [1.29, 1.82) is 0 Å². The number of carbonyl (C=O) groups excluding carboxylic acids is 2. The van der Waals surface area contributed by atoms with Gasteiger partial charge in [-0.25, -0.2) is 0 Å². The number of benzene rings is 1. The number of aromatic nitrogens is 1. The summed E-state index contributed by atoms with van der Waals surface area (Å²) in [5.41, 5.74) is 7.17. The second kappa shape index (κ2) is 7.62. The third-order valence-electron chi connectivity index (χ3n) is 5.46. The molecule has 0 radical (unpaired) electrons. The number of amides is 2. The number of aromatic amines is 1. The molecule has 0 bridgehead atoms. The minimum Gasteiger partial charge on any atom is -0.366 e. The molecule has 1 aromatic heterocycles.